The summed E-state index contributed by atoms with van der Waals surface area (Å²) < 4.78 is 0. The molecule has 5 heteroatoms. The molecule has 0 fully saturated rings. The van der Waals surface area contributed by atoms with E-state index in [0.717, 1.165) is 50.7 Å². The van der Waals surface area contributed by atoms with Crippen molar-refractivity contribution in [1.82, 2.24) is 0 Å². The summed E-state index contributed by atoms with van der Waals surface area (Å²) in [6.07, 6.45) is 14.0. The normalized spacial score (nSPS) is 10.0. The van der Waals surface area contributed by atoms with Crippen LogP contribution in [0.5, 0.6) is 0 Å². The van der Waals surface area contributed by atoms with Gasteiger partial charge in [0.2, 0.25) is 0 Å². The second-order valence-electron chi connectivity index (χ2n) is 4.43. The van der Waals surface area contributed by atoms with Gasteiger partial charge in [-0.15, -0.1) is 0 Å². The number of carbonyl (C=O) groups excluding carboxylic acids is 2. The summed E-state index contributed by atoms with van der Waals surface area (Å²) in [4.78, 5) is 19.7. The first-order valence-electron chi connectivity index (χ1n) is 7.29. The van der Waals surface area contributed by atoms with Crippen molar-refractivity contribution in [2.45, 2.75) is 65.2 Å². The van der Waals surface area contributed by atoms with Crippen molar-refractivity contribution < 1.29 is 19.8 Å². The molecular formula is C16H26CaO4. The molecule has 0 saturated carbocycles. The zero-order valence-electron chi connectivity index (χ0n) is 13.3. The molecule has 0 spiro atoms. The molecule has 0 aromatic heterocycles. The Bertz CT molecular complexity index is 269. The summed E-state index contributed by atoms with van der Waals surface area (Å²) in [7, 11) is 0. The van der Waals surface area contributed by atoms with E-state index in [4.69, 9.17) is 0 Å². The third kappa shape index (κ3) is 32.9. The van der Waals surface area contributed by atoms with Gasteiger partial charge < -0.3 is 19.8 Å². The zero-order chi connectivity index (χ0) is 15.6. The summed E-state index contributed by atoms with van der Waals surface area (Å²) in [5, 5.41) is 19.7. The summed E-state index contributed by atoms with van der Waals surface area (Å²) in [5.41, 5.74) is 0. The van der Waals surface area contributed by atoms with Gasteiger partial charge in [0.05, 0.1) is 11.9 Å². The average Bonchev–Trinajstić information content (AvgIpc) is 2.38. The van der Waals surface area contributed by atoms with Gasteiger partial charge in [-0.3, -0.25) is 0 Å². The fraction of sp³-hybridized carbons (Fsp3) is 0.625. The molecule has 0 aliphatic carbocycles. The fourth-order valence-electron chi connectivity index (χ4n) is 1.38. The number of unbranched alkanes of at least 4 members (excludes halogenated alkanes) is 6. The molecule has 0 radical (unpaired) electrons. The SMILES string of the molecule is CCCCCC=CC(=O)[O-].CCCCCC=CC(=O)[O-].[Ca+2]. The zero-order valence-corrected chi connectivity index (χ0v) is 15.5. The number of rotatable bonds is 10. The molecule has 116 valence electrons. The van der Waals surface area contributed by atoms with E-state index in [0.29, 0.717) is 0 Å². The molecule has 0 aromatic rings. The molecule has 0 unspecified atom stereocenters. The topological polar surface area (TPSA) is 80.3 Å². The van der Waals surface area contributed by atoms with Crippen molar-refractivity contribution in [2.24, 2.45) is 0 Å². The van der Waals surface area contributed by atoms with Crippen LogP contribution in [0.3, 0.4) is 0 Å². The van der Waals surface area contributed by atoms with Gasteiger partial charge in [0.15, 0.2) is 0 Å². The van der Waals surface area contributed by atoms with Crippen LogP contribution >= 0.6 is 0 Å². The van der Waals surface area contributed by atoms with Crippen LogP contribution in [0, 0.1) is 0 Å². The van der Waals surface area contributed by atoms with E-state index in [-0.39, 0.29) is 37.7 Å². The number of carboxylic acid groups (broad SMARTS) is 2. The fourth-order valence-corrected chi connectivity index (χ4v) is 1.38. The Morgan fingerprint density at radius 2 is 1.10 bits per heavy atom. The van der Waals surface area contributed by atoms with E-state index in [1.807, 2.05) is 0 Å². The third-order valence-electron chi connectivity index (χ3n) is 2.46. The van der Waals surface area contributed by atoms with E-state index in [2.05, 4.69) is 13.8 Å². The maximum absolute atomic E-state index is 9.83. The average molecular weight is 322 g/mol. The molecule has 0 bridgehead atoms. The first kappa shape index (κ1) is 25.6. The van der Waals surface area contributed by atoms with Crippen LogP contribution in [-0.2, 0) is 9.59 Å². The summed E-state index contributed by atoms with van der Waals surface area (Å²) in [6.45, 7) is 4.23. The number of hydrogen-bond donors (Lipinski definition) is 0. The van der Waals surface area contributed by atoms with Crippen LogP contribution in [0.25, 0.3) is 0 Å². The van der Waals surface area contributed by atoms with Gasteiger partial charge in [0, 0.05) is 0 Å². The second-order valence-corrected chi connectivity index (χ2v) is 4.43. The van der Waals surface area contributed by atoms with Crippen molar-refractivity contribution in [3.05, 3.63) is 24.3 Å². The van der Waals surface area contributed by atoms with E-state index in [9.17, 15) is 19.8 Å². The van der Waals surface area contributed by atoms with Crippen molar-refractivity contribution in [2.75, 3.05) is 0 Å². The van der Waals surface area contributed by atoms with Gasteiger partial charge in [-0.25, -0.2) is 0 Å². The summed E-state index contributed by atoms with van der Waals surface area (Å²) in [5.74, 6) is -2.20. The molecule has 0 atom stereocenters. The number of carbonyl (C=O) groups is 2. The van der Waals surface area contributed by atoms with E-state index in [1.165, 1.54) is 12.8 Å². The van der Waals surface area contributed by atoms with Crippen LogP contribution in [0.4, 0.5) is 0 Å². The minimum Gasteiger partial charge on any atom is -0.545 e. The quantitative estimate of drug-likeness (QED) is 0.345. The Morgan fingerprint density at radius 1 is 0.762 bits per heavy atom. The number of allylic oxidation sites excluding steroid dienone is 2. The smallest absolute Gasteiger partial charge is 0.545 e. The second kappa shape index (κ2) is 22.0. The van der Waals surface area contributed by atoms with Crippen molar-refractivity contribution in [3.63, 3.8) is 0 Å². The molecule has 0 amide bonds. The number of carboxylic acids is 2. The van der Waals surface area contributed by atoms with Crippen molar-refractivity contribution in [1.29, 1.82) is 0 Å². The van der Waals surface area contributed by atoms with Gasteiger partial charge in [0.1, 0.15) is 0 Å². The van der Waals surface area contributed by atoms with Crippen molar-refractivity contribution >= 4 is 49.7 Å². The largest absolute Gasteiger partial charge is 2.00 e. The Labute approximate surface area is 158 Å². The van der Waals surface area contributed by atoms with Crippen LogP contribution in [0.15, 0.2) is 24.3 Å². The molecule has 4 nitrogen and oxygen atoms in total. The predicted octanol–water partition coefficient (Wildman–Crippen LogP) is 1.36. The van der Waals surface area contributed by atoms with Crippen LogP contribution in [-0.4, -0.2) is 49.7 Å². The molecular weight excluding hydrogens is 296 g/mol. The van der Waals surface area contributed by atoms with E-state index in [1.54, 1.807) is 12.2 Å². The Balaban J connectivity index is -0.000000295. The first-order valence-corrected chi connectivity index (χ1v) is 7.29. The predicted molar refractivity (Wildman–Crippen MR) is 82.3 cm³/mol. The Kier molecular flexibility index (Phi) is 26.8. The molecule has 0 rings (SSSR count). The molecule has 0 aliphatic heterocycles. The number of hydrogen-bond acceptors (Lipinski definition) is 4. The molecule has 0 aromatic carbocycles. The monoisotopic (exact) mass is 322 g/mol. The maximum Gasteiger partial charge on any atom is 2.00 e. The molecule has 0 aliphatic rings. The van der Waals surface area contributed by atoms with Crippen LogP contribution in [0.1, 0.15) is 65.2 Å². The first-order chi connectivity index (χ1) is 9.54. The van der Waals surface area contributed by atoms with Gasteiger partial charge >= 0.3 is 37.7 Å². The third-order valence-corrected chi connectivity index (χ3v) is 2.46. The van der Waals surface area contributed by atoms with E-state index >= 15 is 0 Å². The van der Waals surface area contributed by atoms with Gasteiger partial charge in [-0.05, 0) is 37.8 Å². The Hall–Kier alpha value is -0.320. The standard InChI is InChI=1S/2C8H14O2.Ca/c2*1-2-3-4-5-6-7-8(9)10;/h2*6-7H,2-5H2,1H3,(H,9,10);/q;;+2/p-2. The van der Waals surface area contributed by atoms with Gasteiger partial charge in [-0.2, -0.15) is 0 Å². The summed E-state index contributed by atoms with van der Waals surface area (Å²) in [6, 6.07) is 0. The minimum atomic E-state index is -1.10. The molecule has 0 saturated heterocycles. The molecule has 0 heterocycles. The molecule has 21 heavy (non-hydrogen) atoms. The van der Waals surface area contributed by atoms with Gasteiger partial charge in [0.25, 0.3) is 0 Å². The number of aliphatic carboxylic acids is 2. The van der Waals surface area contributed by atoms with Crippen LogP contribution in [0.2, 0.25) is 0 Å². The Morgan fingerprint density at radius 3 is 1.33 bits per heavy atom. The van der Waals surface area contributed by atoms with Gasteiger partial charge in [-0.1, -0.05) is 51.7 Å². The minimum absolute atomic E-state index is 0. The van der Waals surface area contributed by atoms with E-state index < -0.39 is 11.9 Å². The molecule has 0 N–H and O–H groups in total. The van der Waals surface area contributed by atoms with Crippen LogP contribution < -0.4 is 10.2 Å². The summed E-state index contributed by atoms with van der Waals surface area (Å²) >= 11 is 0. The maximum atomic E-state index is 9.83. The van der Waals surface area contributed by atoms with Crippen molar-refractivity contribution in [3.8, 4) is 0 Å².